The van der Waals surface area contributed by atoms with Gasteiger partial charge >= 0.3 is 0 Å². The molecule has 0 saturated carbocycles. The lowest BCUT2D eigenvalue weighted by Gasteiger charge is -2.34. The number of piperidine rings is 1. The Morgan fingerprint density at radius 2 is 2.14 bits per heavy atom. The molecule has 5 heteroatoms. The van der Waals surface area contributed by atoms with Crippen LogP contribution in [0.5, 0.6) is 0 Å². The van der Waals surface area contributed by atoms with Crippen molar-refractivity contribution in [3.63, 3.8) is 0 Å². The molecule has 1 saturated heterocycles. The Labute approximate surface area is 138 Å². The second-order valence-electron chi connectivity index (χ2n) is 5.83. The fraction of sp³-hybridized carbons (Fsp3) is 0.588. The number of hydrogen-bond donors (Lipinski definition) is 2. The fourth-order valence-corrected chi connectivity index (χ4v) is 3.16. The van der Waals surface area contributed by atoms with Crippen molar-refractivity contribution in [2.24, 2.45) is 0 Å². The summed E-state index contributed by atoms with van der Waals surface area (Å²) >= 11 is 5.93. The van der Waals surface area contributed by atoms with Crippen molar-refractivity contribution >= 4 is 23.2 Å². The molecule has 0 radical (unpaired) electrons. The molecule has 1 aromatic rings. The minimum atomic E-state index is 0.0531. The third-order valence-corrected chi connectivity index (χ3v) is 4.31. The lowest BCUT2D eigenvalue weighted by atomic mass is 10.0. The van der Waals surface area contributed by atoms with Gasteiger partial charge in [-0.05, 0) is 57.1 Å². The number of carbonyl (C=O) groups excluding carboxylic acids is 1. The second kappa shape index (κ2) is 9.13. The van der Waals surface area contributed by atoms with Crippen LogP contribution in [-0.2, 0) is 4.79 Å². The molecule has 1 fully saturated rings. The van der Waals surface area contributed by atoms with Crippen molar-refractivity contribution in [1.82, 2.24) is 10.2 Å². The fourth-order valence-electron chi connectivity index (χ4n) is 2.97. The summed E-state index contributed by atoms with van der Waals surface area (Å²) in [4.78, 5) is 14.6. The molecule has 1 aliphatic heterocycles. The van der Waals surface area contributed by atoms with Gasteiger partial charge in [0.05, 0.1) is 0 Å². The summed E-state index contributed by atoms with van der Waals surface area (Å²) in [5.41, 5.74) is 0.765. The molecule has 4 nitrogen and oxygen atoms in total. The zero-order chi connectivity index (χ0) is 15.8. The van der Waals surface area contributed by atoms with E-state index in [-0.39, 0.29) is 5.91 Å². The van der Waals surface area contributed by atoms with Gasteiger partial charge in [-0.3, -0.25) is 9.69 Å². The molecular weight excluding hydrogens is 298 g/mol. The average molecular weight is 324 g/mol. The Kier molecular flexibility index (Phi) is 7.16. The van der Waals surface area contributed by atoms with E-state index < -0.39 is 0 Å². The van der Waals surface area contributed by atoms with Crippen LogP contribution in [0.3, 0.4) is 0 Å². The Balaban J connectivity index is 1.81. The van der Waals surface area contributed by atoms with Crippen molar-refractivity contribution in [2.75, 3.05) is 31.5 Å². The first-order chi connectivity index (χ1) is 10.7. The number of rotatable bonds is 7. The van der Waals surface area contributed by atoms with Crippen molar-refractivity contribution < 1.29 is 4.79 Å². The van der Waals surface area contributed by atoms with Gasteiger partial charge in [0.1, 0.15) is 0 Å². The van der Waals surface area contributed by atoms with E-state index in [9.17, 15) is 4.79 Å². The highest BCUT2D eigenvalue weighted by Gasteiger charge is 2.20. The molecule has 2 N–H and O–H groups in total. The predicted octanol–water partition coefficient (Wildman–Crippen LogP) is 3.13. The van der Waals surface area contributed by atoms with Crippen LogP contribution in [0, 0.1) is 0 Å². The van der Waals surface area contributed by atoms with E-state index in [0.717, 1.165) is 38.3 Å². The van der Waals surface area contributed by atoms with Gasteiger partial charge in [0, 0.05) is 29.7 Å². The van der Waals surface area contributed by atoms with E-state index in [4.69, 9.17) is 11.6 Å². The quantitative estimate of drug-likeness (QED) is 0.810. The van der Waals surface area contributed by atoms with Gasteiger partial charge in [0.2, 0.25) is 5.91 Å². The lowest BCUT2D eigenvalue weighted by molar-refractivity contribution is -0.116. The maximum Gasteiger partial charge on any atom is 0.225 e. The van der Waals surface area contributed by atoms with E-state index in [1.54, 1.807) is 12.1 Å². The molecular formula is C17H26ClN3O. The molecule has 1 heterocycles. The smallest absolute Gasteiger partial charge is 0.225 e. The number of halogens is 1. The predicted molar refractivity (Wildman–Crippen MR) is 92.5 cm³/mol. The van der Waals surface area contributed by atoms with Crippen LogP contribution in [0.15, 0.2) is 24.3 Å². The van der Waals surface area contributed by atoms with Crippen LogP contribution >= 0.6 is 11.6 Å². The van der Waals surface area contributed by atoms with Gasteiger partial charge in [-0.2, -0.15) is 0 Å². The zero-order valence-electron chi connectivity index (χ0n) is 13.3. The first-order valence-electron chi connectivity index (χ1n) is 8.19. The lowest BCUT2D eigenvalue weighted by Crippen LogP contribution is -2.44. The molecule has 1 aliphatic rings. The van der Waals surface area contributed by atoms with Crippen LogP contribution in [0.4, 0.5) is 5.69 Å². The number of amides is 1. The number of benzene rings is 1. The SMILES string of the molecule is CCCN(CCC(=O)Nc1cccc(Cl)c1)C1CCNCC1. The Bertz CT molecular complexity index is 475. The Morgan fingerprint density at radius 1 is 1.36 bits per heavy atom. The van der Waals surface area contributed by atoms with Gasteiger partial charge < -0.3 is 10.6 Å². The highest BCUT2D eigenvalue weighted by molar-refractivity contribution is 6.30. The van der Waals surface area contributed by atoms with Crippen molar-refractivity contribution in [3.05, 3.63) is 29.3 Å². The van der Waals surface area contributed by atoms with Crippen LogP contribution in [-0.4, -0.2) is 43.0 Å². The molecule has 2 rings (SSSR count). The molecule has 0 bridgehead atoms. The maximum absolute atomic E-state index is 12.1. The molecule has 0 unspecified atom stereocenters. The summed E-state index contributed by atoms with van der Waals surface area (Å²) in [6, 6.07) is 7.89. The number of hydrogen-bond acceptors (Lipinski definition) is 3. The van der Waals surface area contributed by atoms with Crippen LogP contribution in [0.2, 0.25) is 5.02 Å². The van der Waals surface area contributed by atoms with E-state index in [1.807, 2.05) is 12.1 Å². The number of nitrogens with zero attached hydrogens (tertiary/aromatic N) is 1. The average Bonchev–Trinajstić information content (AvgIpc) is 2.52. The van der Waals surface area contributed by atoms with Gasteiger partial charge in [0.15, 0.2) is 0 Å². The molecule has 0 aromatic heterocycles. The van der Waals surface area contributed by atoms with Gasteiger partial charge in [-0.1, -0.05) is 24.6 Å². The summed E-state index contributed by atoms with van der Waals surface area (Å²) in [7, 11) is 0. The van der Waals surface area contributed by atoms with E-state index >= 15 is 0 Å². The van der Waals surface area contributed by atoms with E-state index in [0.29, 0.717) is 17.5 Å². The maximum atomic E-state index is 12.1. The van der Waals surface area contributed by atoms with Crippen molar-refractivity contribution in [1.29, 1.82) is 0 Å². The summed E-state index contributed by atoms with van der Waals surface area (Å²) in [5.74, 6) is 0.0531. The second-order valence-corrected chi connectivity index (χ2v) is 6.26. The molecule has 0 atom stereocenters. The number of nitrogens with one attached hydrogen (secondary N) is 2. The Morgan fingerprint density at radius 3 is 2.82 bits per heavy atom. The summed E-state index contributed by atoms with van der Waals surface area (Å²) in [6.45, 7) is 6.25. The normalized spacial score (nSPS) is 16.0. The minimum Gasteiger partial charge on any atom is -0.326 e. The summed E-state index contributed by atoms with van der Waals surface area (Å²) < 4.78 is 0. The first-order valence-corrected chi connectivity index (χ1v) is 8.57. The monoisotopic (exact) mass is 323 g/mol. The first kappa shape index (κ1) is 17.3. The summed E-state index contributed by atoms with van der Waals surface area (Å²) in [5, 5.41) is 6.96. The molecule has 122 valence electrons. The van der Waals surface area contributed by atoms with Gasteiger partial charge in [-0.15, -0.1) is 0 Å². The molecule has 1 aromatic carbocycles. The third kappa shape index (κ3) is 5.59. The molecule has 0 aliphatic carbocycles. The summed E-state index contributed by atoms with van der Waals surface area (Å²) in [6.07, 6.45) is 4.00. The highest BCUT2D eigenvalue weighted by Crippen LogP contribution is 2.16. The van der Waals surface area contributed by atoms with E-state index in [2.05, 4.69) is 22.5 Å². The van der Waals surface area contributed by atoms with Crippen LogP contribution in [0.25, 0.3) is 0 Å². The molecule has 0 spiro atoms. The van der Waals surface area contributed by atoms with Gasteiger partial charge in [-0.25, -0.2) is 0 Å². The Hall–Kier alpha value is -1.10. The molecule has 1 amide bonds. The number of carbonyl (C=O) groups is 1. The van der Waals surface area contributed by atoms with Crippen molar-refractivity contribution in [2.45, 2.75) is 38.6 Å². The number of anilines is 1. The van der Waals surface area contributed by atoms with E-state index in [1.165, 1.54) is 12.8 Å². The third-order valence-electron chi connectivity index (χ3n) is 4.07. The molecule has 22 heavy (non-hydrogen) atoms. The van der Waals surface area contributed by atoms with Crippen molar-refractivity contribution in [3.8, 4) is 0 Å². The minimum absolute atomic E-state index is 0.0531. The standard InChI is InChI=1S/C17H26ClN3O/c1-2-11-21(16-6-9-19-10-7-16)12-8-17(22)20-15-5-3-4-14(18)13-15/h3-5,13,16,19H,2,6-12H2,1H3,(H,20,22). The van der Waals surface area contributed by atoms with Crippen LogP contribution in [0.1, 0.15) is 32.6 Å². The zero-order valence-corrected chi connectivity index (χ0v) is 14.0. The van der Waals surface area contributed by atoms with Crippen LogP contribution < -0.4 is 10.6 Å². The largest absolute Gasteiger partial charge is 0.326 e. The topological polar surface area (TPSA) is 44.4 Å². The van der Waals surface area contributed by atoms with Gasteiger partial charge in [0.25, 0.3) is 0 Å². The highest BCUT2D eigenvalue weighted by atomic mass is 35.5.